The zero-order valence-electron chi connectivity index (χ0n) is 10.4. The van der Waals surface area contributed by atoms with Gasteiger partial charge in [-0.1, -0.05) is 22.6 Å². The van der Waals surface area contributed by atoms with E-state index < -0.39 is 5.97 Å². The minimum absolute atomic E-state index is 0.131. The van der Waals surface area contributed by atoms with Gasteiger partial charge in [0.2, 0.25) is 0 Å². The second-order valence-corrected chi connectivity index (χ2v) is 6.67. The highest BCUT2D eigenvalue weighted by Crippen LogP contribution is 2.30. The molecular formula is C12H22INO2. The maximum Gasteiger partial charge on any atom is 0.306 e. The van der Waals surface area contributed by atoms with Crippen LogP contribution in [0.5, 0.6) is 0 Å². The van der Waals surface area contributed by atoms with E-state index in [2.05, 4.69) is 48.3 Å². The first-order valence-corrected chi connectivity index (χ1v) is 7.42. The molecule has 4 heteroatoms. The molecule has 1 aliphatic heterocycles. The number of alkyl halides is 1. The van der Waals surface area contributed by atoms with Gasteiger partial charge in [0.05, 0.1) is 5.92 Å². The van der Waals surface area contributed by atoms with E-state index in [9.17, 15) is 9.90 Å². The molecule has 16 heavy (non-hydrogen) atoms. The Morgan fingerprint density at radius 2 is 2.12 bits per heavy atom. The summed E-state index contributed by atoms with van der Waals surface area (Å²) in [4.78, 5) is 13.6. The molecule has 0 aromatic rings. The van der Waals surface area contributed by atoms with Crippen molar-refractivity contribution in [2.24, 2.45) is 11.8 Å². The van der Waals surface area contributed by atoms with Crippen molar-refractivity contribution in [2.45, 2.75) is 39.2 Å². The zero-order chi connectivity index (χ0) is 12.3. The molecule has 0 aromatic carbocycles. The van der Waals surface area contributed by atoms with Gasteiger partial charge in [-0.2, -0.15) is 0 Å². The molecule has 1 heterocycles. The normalized spacial score (nSPS) is 28.0. The summed E-state index contributed by atoms with van der Waals surface area (Å²) < 4.78 is 1.05. The van der Waals surface area contributed by atoms with Crippen LogP contribution in [0.2, 0.25) is 0 Å². The van der Waals surface area contributed by atoms with Gasteiger partial charge in [-0.05, 0) is 50.5 Å². The predicted octanol–water partition coefficient (Wildman–Crippen LogP) is 2.63. The molecule has 3 nitrogen and oxygen atoms in total. The summed E-state index contributed by atoms with van der Waals surface area (Å²) in [5.74, 6) is -0.417. The lowest BCUT2D eigenvalue weighted by Gasteiger charge is -2.43. The van der Waals surface area contributed by atoms with Gasteiger partial charge in [0, 0.05) is 12.1 Å². The number of piperidine rings is 1. The van der Waals surface area contributed by atoms with Crippen LogP contribution < -0.4 is 0 Å². The molecule has 2 atom stereocenters. The highest BCUT2D eigenvalue weighted by Gasteiger charge is 2.36. The molecular weight excluding hydrogens is 317 g/mol. The number of hydrogen-bond acceptors (Lipinski definition) is 2. The van der Waals surface area contributed by atoms with Crippen LogP contribution in [0.4, 0.5) is 0 Å². The van der Waals surface area contributed by atoms with Crippen molar-refractivity contribution in [3.8, 4) is 0 Å². The third-order valence-corrected chi connectivity index (χ3v) is 4.10. The van der Waals surface area contributed by atoms with Crippen LogP contribution in [0.3, 0.4) is 0 Å². The fourth-order valence-electron chi connectivity index (χ4n) is 2.40. The lowest BCUT2D eigenvalue weighted by molar-refractivity contribution is -0.146. The molecule has 0 spiro atoms. The number of halogens is 1. The van der Waals surface area contributed by atoms with E-state index >= 15 is 0 Å². The van der Waals surface area contributed by atoms with Crippen molar-refractivity contribution >= 4 is 28.6 Å². The SMILES string of the molecule is CC(C)(C)N1CCC(C(=O)O)C(CCI)C1. The number of aliphatic carboxylic acids is 1. The molecule has 1 N–H and O–H groups in total. The van der Waals surface area contributed by atoms with Crippen LogP contribution in [-0.2, 0) is 4.79 Å². The van der Waals surface area contributed by atoms with E-state index in [-0.39, 0.29) is 11.5 Å². The van der Waals surface area contributed by atoms with E-state index in [0.717, 1.165) is 30.4 Å². The van der Waals surface area contributed by atoms with E-state index in [1.165, 1.54) is 0 Å². The topological polar surface area (TPSA) is 40.5 Å². The highest BCUT2D eigenvalue weighted by molar-refractivity contribution is 14.1. The molecule has 2 unspecified atom stereocenters. The monoisotopic (exact) mass is 339 g/mol. The van der Waals surface area contributed by atoms with Crippen molar-refractivity contribution in [1.29, 1.82) is 0 Å². The molecule has 0 saturated carbocycles. The molecule has 1 aliphatic rings. The van der Waals surface area contributed by atoms with Crippen LogP contribution in [0.25, 0.3) is 0 Å². The third-order valence-electron chi connectivity index (χ3n) is 3.48. The highest BCUT2D eigenvalue weighted by atomic mass is 127. The largest absolute Gasteiger partial charge is 0.481 e. The first-order valence-electron chi connectivity index (χ1n) is 5.90. The zero-order valence-corrected chi connectivity index (χ0v) is 12.5. The first kappa shape index (κ1) is 14.2. The lowest BCUT2D eigenvalue weighted by Crippen LogP contribution is -2.51. The molecule has 0 amide bonds. The van der Waals surface area contributed by atoms with Crippen LogP contribution in [0.15, 0.2) is 0 Å². The third kappa shape index (κ3) is 3.58. The average molecular weight is 339 g/mol. The quantitative estimate of drug-likeness (QED) is 0.635. The van der Waals surface area contributed by atoms with Crippen LogP contribution in [0, 0.1) is 11.8 Å². The van der Waals surface area contributed by atoms with Crippen molar-refractivity contribution in [3.63, 3.8) is 0 Å². The van der Waals surface area contributed by atoms with Crippen molar-refractivity contribution in [3.05, 3.63) is 0 Å². The fourth-order valence-corrected chi connectivity index (χ4v) is 3.20. The number of likely N-dealkylation sites (tertiary alicyclic amines) is 1. The molecule has 1 rings (SSSR count). The van der Waals surface area contributed by atoms with Gasteiger partial charge < -0.3 is 5.11 Å². The summed E-state index contributed by atoms with van der Waals surface area (Å²) in [5.41, 5.74) is 0.160. The Labute approximate surface area is 112 Å². The van der Waals surface area contributed by atoms with Gasteiger partial charge in [0.1, 0.15) is 0 Å². The predicted molar refractivity (Wildman–Crippen MR) is 74.1 cm³/mol. The number of nitrogens with zero attached hydrogens (tertiary/aromatic N) is 1. The van der Waals surface area contributed by atoms with Crippen LogP contribution in [0.1, 0.15) is 33.6 Å². The molecule has 0 aromatic heterocycles. The summed E-state index contributed by atoms with van der Waals surface area (Å²) in [7, 11) is 0. The van der Waals surface area contributed by atoms with Crippen molar-refractivity contribution in [1.82, 2.24) is 4.90 Å². The van der Waals surface area contributed by atoms with Crippen LogP contribution >= 0.6 is 22.6 Å². The second kappa shape index (κ2) is 5.67. The number of carboxylic acid groups (broad SMARTS) is 1. The number of hydrogen-bond donors (Lipinski definition) is 1. The maximum atomic E-state index is 11.2. The van der Waals surface area contributed by atoms with E-state index in [1.807, 2.05) is 0 Å². The number of rotatable bonds is 3. The summed E-state index contributed by atoms with van der Waals surface area (Å²) in [6.07, 6.45) is 1.82. The van der Waals surface area contributed by atoms with Gasteiger partial charge in [-0.15, -0.1) is 0 Å². The van der Waals surface area contributed by atoms with Crippen LogP contribution in [-0.4, -0.2) is 39.0 Å². The first-order chi connectivity index (χ1) is 7.36. The van der Waals surface area contributed by atoms with Crippen molar-refractivity contribution < 1.29 is 9.90 Å². The summed E-state index contributed by atoms with van der Waals surface area (Å²) >= 11 is 2.34. The lowest BCUT2D eigenvalue weighted by atomic mass is 9.82. The Bertz CT molecular complexity index is 250. The summed E-state index contributed by atoms with van der Waals surface area (Å²) in [6.45, 7) is 8.46. The fraction of sp³-hybridized carbons (Fsp3) is 0.917. The Kier molecular flexibility index (Phi) is 5.04. The minimum Gasteiger partial charge on any atom is -0.481 e. The molecule has 0 radical (unpaired) electrons. The smallest absolute Gasteiger partial charge is 0.306 e. The van der Waals surface area contributed by atoms with Gasteiger partial charge in [-0.3, -0.25) is 9.69 Å². The van der Waals surface area contributed by atoms with E-state index in [0.29, 0.717) is 5.92 Å². The Morgan fingerprint density at radius 1 is 1.50 bits per heavy atom. The number of carboxylic acids is 1. The minimum atomic E-state index is -0.608. The van der Waals surface area contributed by atoms with Gasteiger partial charge in [-0.25, -0.2) is 0 Å². The Morgan fingerprint density at radius 3 is 2.56 bits per heavy atom. The van der Waals surface area contributed by atoms with Gasteiger partial charge in [0.25, 0.3) is 0 Å². The number of carbonyl (C=O) groups is 1. The average Bonchev–Trinajstić information content (AvgIpc) is 2.16. The summed E-state index contributed by atoms with van der Waals surface area (Å²) in [5, 5.41) is 9.20. The van der Waals surface area contributed by atoms with Crippen molar-refractivity contribution in [2.75, 3.05) is 17.5 Å². The summed E-state index contributed by atoms with van der Waals surface area (Å²) in [6, 6.07) is 0. The van der Waals surface area contributed by atoms with E-state index in [1.54, 1.807) is 0 Å². The Hall–Kier alpha value is 0.160. The van der Waals surface area contributed by atoms with Gasteiger partial charge >= 0.3 is 5.97 Å². The standard InChI is InChI=1S/C12H22INO2/c1-12(2,3)14-7-5-10(11(15)16)9(8-14)4-6-13/h9-10H,4-8H2,1-3H3,(H,15,16). The molecule has 1 saturated heterocycles. The second-order valence-electron chi connectivity index (χ2n) is 5.59. The molecule has 0 bridgehead atoms. The molecule has 1 fully saturated rings. The molecule has 0 aliphatic carbocycles. The maximum absolute atomic E-state index is 11.2. The Balaban J connectivity index is 2.68. The van der Waals surface area contributed by atoms with Gasteiger partial charge in [0.15, 0.2) is 0 Å². The van der Waals surface area contributed by atoms with E-state index in [4.69, 9.17) is 0 Å². The molecule has 94 valence electrons.